The number of hydrogen-bond acceptors (Lipinski definition) is 1. The van der Waals surface area contributed by atoms with E-state index in [1.165, 1.54) is 30.4 Å². The molecular weight excluding hydrogens is 256 g/mol. The lowest BCUT2D eigenvalue weighted by atomic mass is 9.88. The normalized spacial score (nSPS) is 23.8. The minimum absolute atomic E-state index is 0.0393. The summed E-state index contributed by atoms with van der Waals surface area (Å²) in [5, 5.41) is 0.159. The topological polar surface area (TPSA) is 9.23 Å². The Morgan fingerprint density at radius 1 is 1.32 bits per heavy atom. The first-order valence-corrected chi connectivity index (χ1v) is 7.74. The van der Waals surface area contributed by atoms with Crippen molar-refractivity contribution in [1.29, 1.82) is 0 Å². The average molecular weight is 281 g/mol. The molecule has 1 aliphatic carbocycles. The fraction of sp³-hybridized carbons (Fsp3) is 0.647. The number of halogens is 1. The molecule has 0 bridgehead atoms. The summed E-state index contributed by atoms with van der Waals surface area (Å²) in [4.78, 5) is 0. The molecule has 0 saturated carbocycles. The average Bonchev–Trinajstić information content (AvgIpc) is 2.57. The highest BCUT2D eigenvalue weighted by atomic mass is 35.5. The molecule has 0 N–H and O–H groups in total. The van der Waals surface area contributed by atoms with Gasteiger partial charge in [0.1, 0.15) is 0 Å². The highest BCUT2D eigenvalue weighted by molar-refractivity contribution is 6.21. The van der Waals surface area contributed by atoms with Crippen LogP contribution < -0.4 is 0 Å². The van der Waals surface area contributed by atoms with Gasteiger partial charge in [-0.3, -0.25) is 0 Å². The molecule has 2 unspecified atom stereocenters. The summed E-state index contributed by atoms with van der Waals surface area (Å²) in [7, 11) is 1.79. The van der Waals surface area contributed by atoms with Gasteiger partial charge in [0.25, 0.3) is 0 Å². The molecule has 0 spiro atoms. The molecule has 106 valence electrons. The second-order valence-corrected chi connectivity index (χ2v) is 6.73. The quantitative estimate of drug-likeness (QED) is 0.549. The zero-order valence-electron chi connectivity index (χ0n) is 12.3. The molecular formula is C17H25ClO. The van der Waals surface area contributed by atoms with Crippen molar-refractivity contribution in [3.63, 3.8) is 0 Å². The fourth-order valence-electron chi connectivity index (χ4n) is 2.91. The van der Waals surface area contributed by atoms with Crippen molar-refractivity contribution >= 4 is 11.6 Å². The molecule has 0 aromatic heterocycles. The molecule has 19 heavy (non-hydrogen) atoms. The predicted molar refractivity (Wildman–Crippen MR) is 81.8 cm³/mol. The third-order valence-corrected chi connectivity index (χ3v) is 5.05. The van der Waals surface area contributed by atoms with Crippen LogP contribution in [-0.2, 0) is 11.2 Å². The zero-order chi connectivity index (χ0) is 13.9. The van der Waals surface area contributed by atoms with Crippen LogP contribution >= 0.6 is 11.6 Å². The van der Waals surface area contributed by atoms with Crippen molar-refractivity contribution in [2.75, 3.05) is 7.11 Å². The second kappa shape index (κ2) is 6.28. The van der Waals surface area contributed by atoms with Crippen molar-refractivity contribution < 1.29 is 4.74 Å². The molecule has 0 fully saturated rings. The van der Waals surface area contributed by atoms with Gasteiger partial charge in [-0.25, -0.2) is 0 Å². The van der Waals surface area contributed by atoms with E-state index >= 15 is 0 Å². The molecule has 0 saturated heterocycles. The Morgan fingerprint density at radius 2 is 2.05 bits per heavy atom. The van der Waals surface area contributed by atoms with Gasteiger partial charge in [-0.2, -0.15) is 0 Å². The predicted octanol–water partition coefficient (Wildman–Crippen LogP) is 5.12. The van der Waals surface area contributed by atoms with Crippen LogP contribution in [-0.4, -0.2) is 12.7 Å². The van der Waals surface area contributed by atoms with Crippen molar-refractivity contribution in [2.45, 2.75) is 56.9 Å². The summed E-state index contributed by atoms with van der Waals surface area (Å²) >= 11 is 6.75. The molecule has 0 aliphatic heterocycles. The number of methoxy groups -OCH3 is 1. The van der Waals surface area contributed by atoms with E-state index in [2.05, 4.69) is 38.1 Å². The van der Waals surface area contributed by atoms with Crippen LogP contribution in [0.2, 0.25) is 0 Å². The molecule has 1 nitrogen and oxygen atoms in total. The van der Waals surface area contributed by atoms with Crippen molar-refractivity contribution in [3.05, 3.63) is 35.4 Å². The van der Waals surface area contributed by atoms with Gasteiger partial charge >= 0.3 is 0 Å². The molecule has 0 amide bonds. The molecule has 0 radical (unpaired) electrons. The van der Waals surface area contributed by atoms with Gasteiger partial charge in [0, 0.05) is 7.11 Å². The van der Waals surface area contributed by atoms with E-state index in [0.717, 1.165) is 12.8 Å². The molecule has 1 aromatic rings. The summed E-state index contributed by atoms with van der Waals surface area (Å²) in [6.45, 7) is 4.31. The molecule has 1 aliphatic rings. The Bertz CT molecular complexity index is 413. The lowest BCUT2D eigenvalue weighted by Crippen LogP contribution is -2.24. The highest BCUT2D eigenvalue weighted by Crippen LogP contribution is 2.41. The molecule has 2 atom stereocenters. The molecule has 2 rings (SSSR count). The first kappa shape index (κ1) is 14.9. The number of ether oxygens (including phenoxy) is 1. The van der Waals surface area contributed by atoms with E-state index < -0.39 is 0 Å². The van der Waals surface area contributed by atoms with E-state index in [0.29, 0.717) is 5.92 Å². The number of rotatable bonds is 4. The van der Waals surface area contributed by atoms with E-state index in [1.54, 1.807) is 7.11 Å². The second-order valence-electron chi connectivity index (χ2n) is 6.26. The maximum absolute atomic E-state index is 6.75. The summed E-state index contributed by atoms with van der Waals surface area (Å²) in [5.74, 6) is 0.569. The summed E-state index contributed by atoms with van der Waals surface area (Å²) in [5.41, 5.74) is 2.75. The van der Waals surface area contributed by atoms with Crippen LogP contribution in [0.4, 0.5) is 0 Å². The number of aryl methyl sites for hydroxylation is 1. The van der Waals surface area contributed by atoms with Gasteiger partial charge in [0.15, 0.2) is 0 Å². The Morgan fingerprint density at radius 3 is 2.79 bits per heavy atom. The van der Waals surface area contributed by atoms with Gasteiger partial charge in [0.05, 0.1) is 11.0 Å². The van der Waals surface area contributed by atoms with Crippen LogP contribution in [0.25, 0.3) is 0 Å². The van der Waals surface area contributed by atoms with Crippen molar-refractivity contribution in [3.8, 4) is 0 Å². The van der Waals surface area contributed by atoms with E-state index in [-0.39, 0.29) is 11.0 Å². The minimum atomic E-state index is -0.0393. The van der Waals surface area contributed by atoms with Gasteiger partial charge in [-0.15, -0.1) is 11.6 Å². The Labute approximate surface area is 122 Å². The smallest absolute Gasteiger partial charge is 0.0622 e. The van der Waals surface area contributed by atoms with Crippen LogP contribution in [0.15, 0.2) is 24.3 Å². The largest absolute Gasteiger partial charge is 0.379 e. The van der Waals surface area contributed by atoms with E-state index in [1.807, 2.05) is 0 Å². The standard InChI is InChI=1S/C17H25ClO/c1-17(2,19-3)12-11-14-9-6-8-13-7-4-5-10-15(13)16(14)18/h4-5,7,10,14,16H,6,8-9,11-12H2,1-3H3. The molecule has 1 aromatic carbocycles. The lowest BCUT2D eigenvalue weighted by Gasteiger charge is -2.27. The monoisotopic (exact) mass is 280 g/mol. The lowest BCUT2D eigenvalue weighted by molar-refractivity contribution is 0.00992. The summed E-state index contributed by atoms with van der Waals surface area (Å²) in [6, 6.07) is 8.66. The van der Waals surface area contributed by atoms with Crippen molar-refractivity contribution in [2.24, 2.45) is 5.92 Å². The first-order valence-electron chi connectivity index (χ1n) is 7.30. The van der Waals surface area contributed by atoms with Crippen LogP contribution in [0, 0.1) is 5.92 Å². The van der Waals surface area contributed by atoms with E-state index in [9.17, 15) is 0 Å². The number of fused-ring (bicyclic) bond motifs is 1. The Kier molecular flexibility index (Phi) is 4.92. The highest BCUT2D eigenvalue weighted by Gasteiger charge is 2.28. The maximum atomic E-state index is 6.75. The van der Waals surface area contributed by atoms with Gasteiger partial charge in [-0.05, 0) is 63.0 Å². The van der Waals surface area contributed by atoms with Gasteiger partial charge < -0.3 is 4.74 Å². The number of alkyl halides is 1. The maximum Gasteiger partial charge on any atom is 0.0622 e. The summed E-state index contributed by atoms with van der Waals surface area (Å²) < 4.78 is 5.52. The third kappa shape index (κ3) is 3.73. The van der Waals surface area contributed by atoms with E-state index in [4.69, 9.17) is 16.3 Å². The fourth-order valence-corrected chi connectivity index (χ4v) is 3.38. The first-order chi connectivity index (χ1) is 9.03. The number of hydrogen-bond donors (Lipinski definition) is 0. The minimum Gasteiger partial charge on any atom is -0.379 e. The SMILES string of the molecule is COC(C)(C)CCC1CCCc2ccccc2C1Cl. The van der Waals surface area contributed by atoms with Gasteiger partial charge in [-0.1, -0.05) is 24.3 Å². The van der Waals surface area contributed by atoms with Crippen LogP contribution in [0.1, 0.15) is 56.0 Å². The third-order valence-electron chi connectivity index (χ3n) is 4.46. The molecule has 0 heterocycles. The summed E-state index contributed by atoms with van der Waals surface area (Å²) in [6.07, 6.45) is 5.85. The molecule has 2 heteroatoms. The Balaban J connectivity index is 2.07. The Hall–Kier alpha value is -0.530. The van der Waals surface area contributed by atoms with Crippen LogP contribution in [0.5, 0.6) is 0 Å². The van der Waals surface area contributed by atoms with Crippen molar-refractivity contribution in [1.82, 2.24) is 0 Å². The van der Waals surface area contributed by atoms with Gasteiger partial charge in [0.2, 0.25) is 0 Å². The van der Waals surface area contributed by atoms with Crippen LogP contribution in [0.3, 0.4) is 0 Å². The number of benzene rings is 1. The zero-order valence-corrected chi connectivity index (χ0v) is 13.0.